The fraction of sp³-hybridized carbons (Fsp3) is 1.00. The Bertz CT molecular complexity index is 175. The van der Waals surface area contributed by atoms with Crippen molar-refractivity contribution in [3.05, 3.63) is 0 Å². The molecule has 4 N–H and O–H groups in total. The first kappa shape index (κ1) is 16.4. The minimum absolute atomic E-state index is 0.0451. The molecule has 0 aliphatic carbocycles. The first-order valence-electron chi connectivity index (χ1n) is 3.47. The Labute approximate surface area is 83.3 Å². The van der Waals surface area contributed by atoms with Crippen molar-refractivity contribution < 1.29 is 33.4 Å². The highest BCUT2D eigenvalue weighted by Crippen LogP contribution is 2.30. The third-order valence-electron chi connectivity index (χ3n) is 0.996. The summed E-state index contributed by atoms with van der Waals surface area (Å²) in [5, 5.41) is 16.9. The molecular formula is C5H14O7P2+2. The van der Waals surface area contributed by atoms with Crippen LogP contribution in [0.15, 0.2) is 0 Å². The maximum atomic E-state index is 9.39. The summed E-state index contributed by atoms with van der Waals surface area (Å²) in [6.07, 6.45) is 0. The van der Waals surface area contributed by atoms with Gasteiger partial charge in [-0.2, -0.15) is 0 Å². The van der Waals surface area contributed by atoms with E-state index in [1.807, 2.05) is 0 Å². The van der Waals surface area contributed by atoms with E-state index in [2.05, 4.69) is 4.31 Å². The summed E-state index contributed by atoms with van der Waals surface area (Å²) in [6, 6.07) is 0. The van der Waals surface area contributed by atoms with Crippen molar-refractivity contribution in [2.45, 2.75) is 13.8 Å². The van der Waals surface area contributed by atoms with E-state index in [1.165, 1.54) is 0 Å². The maximum absolute atomic E-state index is 9.39. The average molecular weight is 248 g/mol. The van der Waals surface area contributed by atoms with E-state index < -0.39 is 16.5 Å². The number of rotatable bonds is 4. The Morgan fingerprint density at radius 1 is 1.07 bits per heavy atom. The highest BCUT2D eigenvalue weighted by molar-refractivity contribution is 7.46. The molecule has 0 fully saturated rings. The van der Waals surface area contributed by atoms with Crippen molar-refractivity contribution >= 4 is 16.5 Å². The highest BCUT2D eigenvalue weighted by atomic mass is 31.2. The Kier molecular flexibility index (Phi) is 9.76. The molecule has 0 rings (SSSR count). The number of aliphatic hydroxyl groups excluding tert-OH is 2. The molecule has 0 heterocycles. The van der Waals surface area contributed by atoms with Crippen LogP contribution in [0, 0.1) is 5.41 Å². The van der Waals surface area contributed by atoms with Crippen LogP contribution in [-0.2, 0) is 13.4 Å². The summed E-state index contributed by atoms with van der Waals surface area (Å²) in [6.45, 7) is 3.69. The molecule has 0 aliphatic rings. The number of aliphatic hydroxyl groups is 2. The molecule has 84 valence electrons. The monoisotopic (exact) mass is 248 g/mol. The van der Waals surface area contributed by atoms with E-state index in [1.54, 1.807) is 13.8 Å². The molecule has 0 bridgehead atoms. The standard InChI is InChI=1S/C5H12O2.O5P2/c1-5(2,3-6)4-7;1-6(2)5-7(3)4/h6-7H,3-4H2,1-2H3;/p+2. The predicted octanol–water partition coefficient (Wildman–Crippen LogP) is 0.300. The lowest BCUT2D eigenvalue weighted by atomic mass is 9.97. The Hall–Kier alpha value is -0.0000000000000000763. The largest absolute Gasteiger partial charge is 0.745 e. The highest BCUT2D eigenvalue weighted by Gasteiger charge is 2.31. The summed E-state index contributed by atoms with van der Waals surface area (Å²) >= 11 is 0. The Morgan fingerprint density at radius 2 is 1.36 bits per heavy atom. The lowest BCUT2D eigenvalue weighted by Gasteiger charge is -2.16. The maximum Gasteiger partial charge on any atom is 0.745 e. The van der Waals surface area contributed by atoms with Gasteiger partial charge in [0, 0.05) is 14.5 Å². The van der Waals surface area contributed by atoms with Gasteiger partial charge in [-0.15, -0.1) is 9.79 Å². The van der Waals surface area contributed by atoms with Gasteiger partial charge in [-0.05, 0) is 0 Å². The molecule has 0 saturated carbocycles. The zero-order valence-electron chi connectivity index (χ0n) is 7.82. The van der Waals surface area contributed by atoms with Crippen LogP contribution < -0.4 is 0 Å². The second-order valence-electron chi connectivity index (χ2n) is 3.04. The predicted molar refractivity (Wildman–Crippen MR) is 48.7 cm³/mol. The van der Waals surface area contributed by atoms with Crippen molar-refractivity contribution in [1.82, 2.24) is 0 Å². The first-order chi connectivity index (χ1) is 6.25. The number of hydrogen-bond acceptors (Lipinski definition) is 5. The van der Waals surface area contributed by atoms with Crippen molar-refractivity contribution in [1.29, 1.82) is 0 Å². The van der Waals surface area contributed by atoms with Crippen LogP contribution in [0.3, 0.4) is 0 Å². The SMILES string of the molecule is CC(C)(CO)CO.O=[P+](O)O[P+](=O)O. The molecule has 14 heavy (non-hydrogen) atoms. The molecule has 0 aromatic heterocycles. The number of hydrogen-bond donors (Lipinski definition) is 4. The third-order valence-corrected chi connectivity index (χ3v) is 2.11. The molecule has 0 spiro atoms. The molecule has 0 aromatic rings. The lowest BCUT2D eigenvalue weighted by molar-refractivity contribution is 0.0857. The van der Waals surface area contributed by atoms with Gasteiger partial charge >= 0.3 is 16.5 Å². The quantitative estimate of drug-likeness (QED) is 0.527. The second kappa shape index (κ2) is 8.32. The van der Waals surface area contributed by atoms with E-state index in [0.717, 1.165) is 0 Å². The van der Waals surface area contributed by atoms with Gasteiger partial charge in [-0.1, -0.05) is 13.8 Å². The summed E-state index contributed by atoms with van der Waals surface area (Å²) in [5.74, 6) is 0. The average Bonchev–Trinajstić information content (AvgIpc) is 2.03. The Morgan fingerprint density at radius 3 is 1.36 bits per heavy atom. The summed E-state index contributed by atoms with van der Waals surface area (Å²) in [7, 11) is -5.85. The molecule has 0 saturated heterocycles. The van der Waals surface area contributed by atoms with E-state index in [0.29, 0.717) is 0 Å². The molecule has 2 unspecified atom stereocenters. The van der Waals surface area contributed by atoms with Gasteiger partial charge in [-0.3, -0.25) is 0 Å². The van der Waals surface area contributed by atoms with Crippen LogP contribution in [0.25, 0.3) is 0 Å². The Balaban J connectivity index is 0. The molecule has 0 radical (unpaired) electrons. The van der Waals surface area contributed by atoms with Crippen LogP contribution in [0.4, 0.5) is 0 Å². The van der Waals surface area contributed by atoms with Gasteiger partial charge in [0.1, 0.15) is 0 Å². The molecule has 9 heteroatoms. The first-order valence-corrected chi connectivity index (χ1v) is 5.73. The van der Waals surface area contributed by atoms with Gasteiger partial charge in [0.05, 0.1) is 13.2 Å². The van der Waals surface area contributed by atoms with Crippen LogP contribution in [0.5, 0.6) is 0 Å². The van der Waals surface area contributed by atoms with Gasteiger partial charge in [0.25, 0.3) is 0 Å². The minimum atomic E-state index is -2.92. The molecule has 0 aromatic carbocycles. The summed E-state index contributed by atoms with van der Waals surface area (Å²) in [5.41, 5.74) is -0.306. The van der Waals surface area contributed by atoms with Gasteiger partial charge < -0.3 is 10.2 Å². The van der Waals surface area contributed by atoms with Crippen molar-refractivity contribution in [3.8, 4) is 0 Å². The van der Waals surface area contributed by atoms with E-state index in [9.17, 15) is 9.13 Å². The fourth-order valence-corrected chi connectivity index (χ4v) is 0.588. The van der Waals surface area contributed by atoms with Crippen LogP contribution >= 0.6 is 16.5 Å². The van der Waals surface area contributed by atoms with Crippen molar-refractivity contribution in [2.24, 2.45) is 5.41 Å². The summed E-state index contributed by atoms with van der Waals surface area (Å²) in [4.78, 5) is 15.3. The van der Waals surface area contributed by atoms with Crippen LogP contribution in [0.1, 0.15) is 13.8 Å². The molecular weight excluding hydrogens is 234 g/mol. The van der Waals surface area contributed by atoms with E-state index in [-0.39, 0.29) is 18.6 Å². The third kappa shape index (κ3) is 14.5. The lowest BCUT2D eigenvalue weighted by Crippen LogP contribution is -2.20. The smallest absolute Gasteiger partial charge is 0.396 e. The molecule has 2 atom stereocenters. The zero-order valence-corrected chi connectivity index (χ0v) is 9.61. The fourth-order valence-electron chi connectivity index (χ4n) is 0.110. The van der Waals surface area contributed by atoms with Gasteiger partial charge in [0.15, 0.2) is 4.31 Å². The van der Waals surface area contributed by atoms with Crippen molar-refractivity contribution in [2.75, 3.05) is 13.2 Å². The van der Waals surface area contributed by atoms with Crippen LogP contribution in [0.2, 0.25) is 0 Å². The molecule has 0 aliphatic heterocycles. The summed E-state index contributed by atoms with van der Waals surface area (Å²) < 4.78 is 22.2. The topological polar surface area (TPSA) is 124 Å². The normalized spacial score (nSPS) is 12.7. The molecule has 0 amide bonds. The van der Waals surface area contributed by atoms with Gasteiger partial charge in [-0.25, -0.2) is 0 Å². The minimum Gasteiger partial charge on any atom is -0.396 e. The van der Waals surface area contributed by atoms with Crippen molar-refractivity contribution in [3.63, 3.8) is 0 Å². The van der Waals surface area contributed by atoms with Crippen LogP contribution in [-0.4, -0.2) is 33.2 Å². The zero-order chi connectivity index (χ0) is 11.8. The van der Waals surface area contributed by atoms with E-state index >= 15 is 0 Å². The second-order valence-corrected chi connectivity index (χ2v) is 4.64. The molecule has 7 nitrogen and oxygen atoms in total. The van der Waals surface area contributed by atoms with Gasteiger partial charge in [0.2, 0.25) is 0 Å². The van der Waals surface area contributed by atoms with E-state index in [4.69, 9.17) is 20.0 Å².